The Morgan fingerprint density at radius 3 is 2.62 bits per heavy atom. The van der Waals surface area contributed by atoms with Crippen LogP contribution in [0.15, 0.2) is 6.07 Å². The first kappa shape index (κ1) is 8.80. The lowest BCUT2D eigenvalue weighted by molar-refractivity contribution is 0.909. The van der Waals surface area contributed by atoms with Gasteiger partial charge in [0.2, 0.25) is 0 Å². The first-order valence-corrected chi connectivity index (χ1v) is 5.35. The number of hydrogen-bond acceptors (Lipinski definition) is 0. The molecular formula is C13H18. The Kier molecular flexibility index (Phi) is 2.15. The molecule has 1 aliphatic rings. The van der Waals surface area contributed by atoms with Crippen molar-refractivity contribution in [3.8, 4) is 0 Å². The van der Waals surface area contributed by atoms with Gasteiger partial charge in [-0.15, -0.1) is 0 Å². The van der Waals surface area contributed by atoms with E-state index in [-0.39, 0.29) is 0 Å². The molecule has 0 bridgehead atoms. The maximum Gasteiger partial charge on any atom is -0.0270 e. The van der Waals surface area contributed by atoms with Gasteiger partial charge in [-0.05, 0) is 67.3 Å². The minimum Gasteiger partial charge on any atom is -0.0613 e. The van der Waals surface area contributed by atoms with E-state index < -0.39 is 0 Å². The standard InChI is InChI=1S/C13H18/c1-4-11-8-12-6-5-7-13(12)10(3)9(11)2/h8H,4-7H2,1-3H3. The van der Waals surface area contributed by atoms with Crippen molar-refractivity contribution >= 4 is 0 Å². The second-order valence-electron chi connectivity index (χ2n) is 4.13. The Bertz CT molecular complexity index is 334. The van der Waals surface area contributed by atoms with Crippen LogP contribution in [0.1, 0.15) is 41.2 Å². The predicted molar refractivity (Wildman–Crippen MR) is 57.3 cm³/mol. The van der Waals surface area contributed by atoms with Crippen LogP contribution >= 0.6 is 0 Å². The molecule has 1 aromatic carbocycles. The van der Waals surface area contributed by atoms with Crippen molar-refractivity contribution in [2.75, 3.05) is 0 Å². The molecule has 0 saturated carbocycles. The van der Waals surface area contributed by atoms with Crippen LogP contribution in [0.2, 0.25) is 0 Å². The molecule has 0 heterocycles. The zero-order valence-electron chi connectivity index (χ0n) is 8.91. The Hall–Kier alpha value is -0.780. The maximum absolute atomic E-state index is 2.44. The van der Waals surface area contributed by atoms with Crippen LogP contribution in [0, 0.1) is 13.8 Å². The van der Waals surface area contributed by atoms with E-state index in [9.17, 15) is 0 Å². The Labute approximate surface area is 81.0 Å². The van der Waals surface area contributed by atoms with Gasteiger partial charge >= 0.3 is 0 Å². The molecule has 0 unspecified atom stereocenters. The summed E-state index contributed by atoms with van der Waals surface area (Å²) in [5, 5.41) is 0. The number of benzene rings is 1. The third-order valence-electron chi connectivity index (χ3n) is 3.49. The van der Waals surface area contributed by atoms with Gasteiger partial charge in [-0.2, -0.15) is 0 Å². The van der Waals surface area contributed by atoms with E-state index in [2.05, 4.69) is 26.8 Å². The summed E-state index contributed by atoms with van der Waals surface area (Å²) in [6.07, 6.45) is 5.16. The quantitative estimate of drug-likeness (QED) is 0.612. The molecule has 0 aromatic heterocycles. The zero-order chi connectivity index (χ0) is 9.42. The predicted octanol–water partition coefficient (Wildman–Crippen LogP) is 3.35. The van der Waals surface area contributed by atoms with Crippen LogP contribution in [0.25, 0.3) is 0 Å². The lowest BCUT2D eigenvalue weighted by atomic mass is 9.93. The minimum atomic E-state index is 1.18. The van der Waals surface area contributed by atoms with Gasteiger partial charge in [0.25, 0.3) is 0 Å². The van der Waals surface area contributed by atoms with Crippen molar-refractivity contribution in [3.63, 3.8) is 0 Å². The average molecular weight is 174 g/mol. The fourth-order valence-electron chi connectivity index (χ4n) is 2.51. The fraction of sp³-hybridized carbons (Fsp3) is 0.538. The van der Waals surface area contributed by atoms with Crippen LogP contribution < -0.4 is 0 Å². The molecule has 70 valence electrons. The molecule has 0 aliphatic heterocycles. The number of rotatable bonds is 1. The molecule has 0 saturated heterocycles. The van der Waals surface area contributed by atoms with Crippen molar-refractivity contribution in [2.24, 2.45) is 0 Å². The molecule has 0 fully saturated rings. The van der Waals surface area contributed by atoms with Crippen molar-refractivity contribution in [1.29, 1.82) is 0 Å². The number of fused-ring (bicyclic) bond motifs is 1. The third-order valence-corrected chi connectivity index (χ3v) is 3.49. The summed E-state index contributed by atoms with van der Waals surface area (Å²) in [7, 11) is 0. The first-order valence-electron chi connectivity index (χ1n) is 5.35. The number of hydrogen-bond donors (Lipinski definition) is 0. The molecule has 1 aromatic rings. The van der Waals surface area contributed by atoms with Crippen LogP contribution in [0.5, 0.6) is 0 Å². The Morgan fingerprint density at radius 1 is 1.15 bits per heavy atom. The fourth-order valence-corrected chi connectivity index (χ4v) is 2.51. The second kappa shape index (κ2) is 3.17. The lowest BCUT2D eigenvalue weighted by Gasteiger charge is -2.12. The molecule has 0 spiro atoms. The smallest absolute Gasteiger partial charge is 0.0270 e. The Morgan fingerprint density at radius 2 is 1.92 bits per heavy atom. The topological polar surface area (TPSA) is 0 Å². The molecule has 2 rings (SSSR count). The van der Waals surface area contributed by atoms with E-state index in [0.717, 1.165) is 0 Å². The highest BCUT2D eigenvalue weighted by Crippen LogP contribution is 2.29. The van der Waals surface area contributed by atoms with E-state index in [0.29, 0.717) is 0 Å². The SMILES string of the molecule is CCc1cc2c(c(C)c1C)CCC2. The van der Waals surface area contributed by atoms with Crippen molar-refractivity contribution in [3.05, 3.63) is 33.9 Å². The summed E-state index contributed by atoms with van der Waals surface area (Å²) in [6, 6.07) is 2.44. The van der Waals surface area contributed by atoms with Crippen molar-refractivity contribution < 1.29 is 0 Å². The zero-order valence-corrected chi connectivity index (χ0v) is 8.91. The summed E-state index contributed by atoms with van der Waals surface area (Å²) in [4.78, 5) is 0. The summed E-state index contributed by atoms with van der Waals surface area (Å²) < 4.78 is 0. The normalized spacial score (nSPS) is 14.7. The van der Waals surface area contributed by atoms with Gasteiger partial charge < -0.3 is 0 Å². The molecule has 1 aliphatic carbocycles. The van der Waals surface area contributed by atoms with Crippen LogP contribution in [0.4, 0.5) is 0 Å². The highest BCUT2D eigenvalue weighted by atomic mass is 14.2. The molecule has 13 heavy (non-hydrogen) atoms. The molecule has 0 amide bonds. The van der Waals surface area contributed by atoms with Crippen molar-refractivity contribution in [1.82, 2.24) is 0 Å². The average Bonchev–Trinajstić information content (AvgIpc) is 2.59. The van der Waals surface area contributed by atoms with E-state index in [1.807, 2.05) is 0 Å². The third kappa shape index (κ3) is 1.29. The number of aryl methyl sites for hydroxylation is 2. The Balaban J connectivity index is 2.61. The summed E-state index contributed by atoms with van der Waals surface area (Å²) >= 11 is 0. The van der Waals surface area contributed by atoms with Gasteiger partial charge in [0.1, 0.15) is 0 Å². The molecule has 0 heteroatoms. The molecular weight excluding hydrogens is 156 g/mol. The molecule has 0 nitrogen and oxygen atoms in total. The molecule has 0 atom stereocenters. The van der Waals surface area contributed by atoms with E-state index >= 15 is 0 Å². The highest BCUT2D eigenvalue weighted by molar-refractivity contribution is 5.46. The monoisotopic (exact) mass is 174 g/mol. The van der Waals surface area contributed by atoms with E-state index in [4.69, 9.17) is 0 Å². The molecule has 0 N–H and O–H groups in total. The van der Waals surface area contributed by atoms with Crippen LogP contribution in [-0.4, -0.2) is 0 Å². The first-order chi connectivity index (χ1) is 6.24. The van der Waals surface area contributed by atoms with Crippen molar-refractivity contribution in [2.45, 2.75) is 46.5 Å². The summed E-state index contributed by atoms with van der Waals surface area (Å²) in [5.74, 6) is 0. The van der Waals surface area contributed by atoms with Gasteiger partial charge in [0, 0.05) is 0 Å². The minimum absolute atomic E-state index is 1.18. The van der Waals surface area contributed by atoms with Gasteiger partial charge in [0.15, 0.2) is 0 Å². The lowest BCUT2D eigenvalue weighted by Crippen LogP contribution is -1.97. The van der Waals surface area contributed by atoms with E-state index in [1.165, 1.54) is 31.2 Å². The van der Waals surface area contributed by atoms with Gasteiger partial charge in [-0.25, -0.2) is 0 Å². The van der Waals surface area contributed by atoms with E-state index in [1.54, 1.807) is 22.3 Å². The maximum atomic E-state index is 2.44. The molecule has 0 radical (unpaired) electrons. The summed E-state index contributed by atoms with van der Waals surface area (Å²) in [6.45, 7) is 6.81. The second-order valence-corrected chi connectivity index (χ2v) is 4.13. The van der Waals surface area contributed by atoms with Gasteiger partial charge in [0.05, 0.1) is 0 Å². The van der Waals surface area contributed by atoms with Crippen LogP contribution in [-0.2, 0) is 19.3 Å². The highest BCUT2D eigenvalue weighted by Gasteiger charge is 2.15. The van der Waals surface area contributed by atoms with Gasteiger partial charge in [-0.1, -0.05) is 13.0 Å². The van der Waals surface area contributed by atoms with Crippen LogP contribution in [0.3, 0.4) is 0 Å². The largest absolute Gasteiger partial charge is 0.0613 e. The summed E-state index contributed by atoms with van der Waals surface area (Å²) in [5.41, 5.74) is 7.92. The van der Waals surface area contributed by atoms with Gasteiger partial charge in [-0.3, -0.25) is 0 Å².